The van der Waals surface area contributed by atoms with Crippen LogP contribution in [0.3, 0.4) is 0 Å². The van der Waals surface area contributed by atoms with Crippen LogP contribution in [-0.2, 0) is 0 Å². The maximum absolute atomic E-state index is 5.73. The van der Waals surface area contributed by atoms with Crippen LogP contribution >= 0.6 is 23.4 Å². The average Bonchev–Trinajstić information content (AvgIpc) is 2.42. The lowest BCUT2D eigenvalue weighted by molar-refractivity contribution is 0.926. The molecular formula is C7H8ClNS. The molecule has 0 radical (unpaired) electrons. The molecule has 0 fully saturated rings. The van der Waals surface area contributed by atoms with Crippen molar-refractivity contribution in [1.29, 1.82) is 0 Å². The van der Waals surface area contributed by atoms with E-state index in [1.165, 1.54) is 10.5 Å². The Bertz CT molecular complexity index is 210. The van der Waals surface area contributed by atoms with E-state index in [2.05, 4.69) is 4.99 Å². The van der Waals surface area contributed by atoms with Crippen molar-refractivity contribution in [2.75, 3.05) is 12.4 Å². The molecule has 2 aliphatic heterocycles. The Kier molecular flexibility index (Phi) is 1.75. The molecular weight excluding hydrogens is 166 g/mol. The minimum Gasteiger partial charge on any atom is -0.288 e. The van der Waals surface area contributed by atoms with E-state index in [-0.39, 0.29) is 0 Å². The zero-order chi connectivity index (χ0) is 6.97. The second-order valence-electron chi connectivity index (χ2n) is 2.54. The highest BCUT2D eigenvalue weighted by atomic mass is 35.5. The molecule has 2 heterocycles. The number of hydrogen-bond donors (Lipinski definition) is 0. The van der Waals surface area contributed by atoms with Crippen LogP contribution in [0, 0.1) is 0 Å². The first-order valence-corrected chi connectivity index (χ1v) is 4.76. The minimum atomic E-state index is 0.624. The van der Waals surface area contributed by atoms with E-state index < -0.39 is 0 Å². The Labute approximate surface area is 69.5 Å². The summed E-state index contributed by atoms with van der Waals surface area (Å²) in [6.07, 6.45) is 3.13. The molecule has 0 aromatic heterocycles. The summed E-state index contributed by atoms with van der Waals surface area (Å²) in [6, 6.07) is 0. The molecule has 3 heteroatoms. The van der Waals surface area contributed by atoms with Crippen molar-refractivity contribution in [3.05, 3.63) is 10.5 Å². The molecule has 54 valence electrons. The molecule has 1 nitrogen and oxygen atoms in total. The predicted octanol–water partition coefficient (Wildman–Crippen LogP) is 2.07. The number of rotatable bonds is 1. The largest absolute Gasteiger partial charge is 0.288 e. The number of nitrogens with zero attached hydrogens (tertiary/aromatic N) is 1. The molecule has 0 saturated heterocycles. The molecule has 0 bridgehead atoms. The van der Waals surface area contributed by atoms with Crippen molar-refractivity contribution in [3.8, 4) is 0 Å². The molecule has 0 saturated carbocycles. The van der Waals surface area contributed by atoms with Crippen molar-refractivity contribution in [1.82, 2.24) is 0 Å². The van der Waals surface area contributed by atoms with Crippen molar-refractivity contribution < 1.29 is 0 Å². The van der Waals surface area contributed by atoms with Crippen molar-refractivity contribution >= 4 is 29.6 Å². The number of aliphatic imine (C=N–C) groups is 1. The van der Waals surface area contributed by atoms with Gasteiger partial charge in [0.1, 0.15) is 0 Å². The van der Waals surface area contributed by atoms with Gasteiger partial charge in [-0.15, -0.1) is 23.4 Å². The van der Waals surface area contributed by atoms with Crippen molar-refractivity contribution in [2.24, 2.45) is 4.99 Å². The lowest BCUT2D eigenvalue weighted by Gasteiger charge is -2.02. The third-order valence-corrected chi connectivity index (χ3v) is 3.65. The third kappa shape index (κ3) is 0.995. The Morgan fingerprint density at radius 1 is 1.80 bits per heavy atom. The summed E-state index contributed by atoms with van der Waals surface area (Å²) in [5.74, 6) is 0.769. The summed E-state index contributed by atoms with van der Waals surface area (Å²) in [4.78, 5) is 5.55. The van der Waals surface area contributed by atoms with Crippen LogP contribution < -0.4 is 0 Å². The Hall–Kier alpha value is 0.0500. The fourth-order valence-corrected chi connectivity index (χ4v) is 2.72. The highest BCUT2D eigenvalue weighted by molar-refractivity contribution is 8.04. The summed E-state index contributed by atoms with van der Waals surface area (Å²) < 4.78 is 0. The first-order chi connectivity index (χ1) is 4.90. The van der Waals surface area contributed by atoms with Gasteiger partial charge in [-0.2, -0.15) is 0 Å². The highest BCUT2D eigenvalue weighted by Gasteiger charge is 2.25. The number of halogens is 1. The Morgan fingerprint density at radius 2 is 2.70 bits per heavy atom. The molecule has 0 N–H and O–H groups in total. The van der Waals surface area contributed by atoms with E-state index >= 15 is 0 Å². The summed E-state index contributed by atoms with van der Waals surface area (Å²) in [5, 5.41) is 0.624. The van der Waals surface area contributed by atoms with Gasteiger partial charge in [-0.05, 0) is 12.0 Å². The molecule has 0 aromatic carbocycles. The number of alkyl halides is 1. The van der Waals surface area contributed by atoms with Gasteiger partial charge in [-0.25, -0.2) is 0 Å². The van der Waals surface area contributed by atoms with Gasteiger partial charge in [0.15, 0.2) is 0 Å². The van der Waals surface area contributed by atoms with E-state index in [9.17, 15) is 0 Å². The lowest BCUT2D eigenvalue weighted by atomic mass is 10.1. The lowest BCUT2D eigenvalue weighted by Crippen LogP contribution is -2.00. The molecule has 0 amide bonds. The fraction of sp³-hybridized carbons (Fsp3) is 0.571. The van der Waals surface area contributed by atoms with E-state index in [4.69, 9.17) is 11.6 Å². The maximum atomic E-state index is 5.73. The third-order valence-electron chi connectivity index (χ3n) is 1.78. The molecule has 10 heavy (non-hydrogen) atoms. The van der Waals surface area contributed by atoms with Crippen LogP contribution in [0.15, 0.2) is 15.5 Å². The monoisotopic (exact) mass is 173 g/mol. The molecule has 1 atom stereocenters. The summed E-state index contributed by atoms with van der Waals surface area (Å²) in [6.45, 7) is 0.926. The number of allylic oxidation sites excluding steroid dienone is 1. The van der Waals surface area contributed by atoms with E-state index in [0.29, 0.717) is 5.25 Å². The predicted molar refractivity (Wildman–Crippen MR) is 47.1 cm³/mol. The molecule has 1 unspecified atom stereocenters. The molecule has 0 spiro atoms. The normalized spacial score (nSPS) is 29.9. The molecule has 2 aliphatic rings. The second kappa shape index (κ2) is 2.59. The van der Waals surface area contributed by atoms with Gasteiger partial charge in [0, 0.05) is 22.2 Å². The van der Waals surface area contributed by atoms with Crippen LogP contribution in [0.25, 0.3) is 0 Å². The van der Waals surface area contributed by atoms with Crippen molar-refractivity contribution in [3.63, 3.8) is 0 Å². The van der Waals surface area contributed by atoms with Gasteiger partial charge in [0.05, 0.1) is 6.54 Å². The quantitative estimate of drug-likeness (QED) is 0.553. The standard InChI is InChI=1S/C7H8ClNS/c8-2-6-1-5-3-9-4-7(5)10-6/h4,6H,1-3H2. The molecule has 0 aromatic rings. The van der Waals surface area contributed by atoms with Gasteiger partial charge in [0.25, 0.3) is 0 Å². The van der Waals surface area contributed by atoms with E-state index in [1.807, 2.05) is 18.0 Å². The zero-order valence-corrected chi connectivity index (χ0v) is 7.08. The van der Waals surface area contributed by atoms with E-state index in [1.54, 1.807) is 0 Å². The summed E-state index contributed by atoms with van der Waals surface area (Å²) in [5.41, 5.74) is 1.50. The van der Waals surface area contributed by atoms with Crippen LogP contribution in [-0.4, -0.2) is 23.9 Å². The van der Waals surface area contributed by atoms with Gasteiger partial charge >= 0.3 is 0 Å². The SMILES string of the molecule is ClCC1CC2=C(C=NC2)S1. The minimum absolute atomic E-state index is 0.624. The second-order valence-corrected chi connectivity index (χ2v) is 4.19. The van der Waals surface area contributed by atoms with Gasteiger partial charge < -0.3 is 0 Å². The smallest absolute Gasteiger partial charge is 0.0614 e. The van der Waals surface area contributed by atoms with Gasteiger partial charge in [-0.1, -0.05) is 0 Å². The van der Waals surface area contributed by atoms with Crippen LogP contribution in [0.5, 0.6) is 0 Å². The van der Waals surface area contributed by atoms with Gasteiger partial charge in [0.2, 0.25) is 0 Å². The number of thioether (sulfide) groups is 1. The molecule has 2 rings (SSSR count). The first kappa shape index (κ1) is 6.74. The molecule has 0 aliphatic carbocycles. The highest BCUT2D eigenvalue weighted by Crippen LogP contribution is 2.39. The van der Waals surface area contributed by atoms with Gasteiger partial charge in [-0.3, -0.25) is 4.99 Å². The first-order valence-electron chi connectivity index (χ1n) is 3.34. The van der Waals surface area contributed by atoms with Crippen LogP contribution in [0.2, 0.25) is 0 Å². The van der Waals surface area contributed by atoms with Crippen molar-refractivity contribution in [2.45, 2.75) is 11.7 Å². The van der Waals surface area contributed by atoms with Crippen LogP contribution in [0.1, 0.15) is 6.42 Å². The topological polar surface area (TPSA) is 12.4 Å². The number of hydrogen-bond acceptors (Lipinski definition) is 2. The summed E-state index contributed by atoms with van der Waals surface area (Å²) >= 11 is 7.61. The fourth-order valence-electron chi connectivity index (χ4n) is 1.27. The van der Waals surface area contributed by atoms with E-state index in [0.717, 1.165) is 18.8 Å². The Morgan fingerprint density at radius 3 is 3.40 bits per heavy atom. The summed E-state index contributed by atoms with van der Waals surface area (Å²) in [7, 11) is 0. The Balaban J connectivity index is 2.08. The maximum Gasteiger partial charge on any atom is 0.0614 e. The van der Waals surface area contributed by atoms with Crippen LogP contribution in [0.4, 0.5) is 0 Å². The average molecular weight is 174 g/mol. The zero-order valence-electron chi connectivity index (χ0n) is 5.51.